The molecule has 0 unspecified atom stereocenters. The van der Waals surface area contributed by atoms with E-state index in [2.05, 4.69) is 31.9 Å². The normalized spacial score (nSPS) is 66.0. The first-order chi connectivity index (χ1) is 3.30. The molecule has 0 nitrogen and oxygen atoms in total. The van der Waals surface area contributed by atoms with Gasteiger partial charge in [-0.1, -0.05) is 31.9 Å². The Balaban J connectivity index is 2.07. The maximum atomic E-state index is 3.59. The Morgan fingerprint density at radius 2 is 1.43 bits per heavy atom. The van der Waals surface area contributed by atoms with Gasteiger partial charge < -0.3 is 0 Å². The minimum absolute atomic E-state index is 0.872. The summed E-state index contributed by atoms with van der Waals surface area (Å²) >= 11 is 7.17. The van der Waals surface area contributed by atoms with Gasteiger partial charge in [0.1, 0.15) is 0 Å². The fraction of sp³-hybridized carbons (Fsp3) is 1.00. The zero-order chi connectivity index (χ0) is 5.02. The van der Waals surface area contributed by atoms with Crippen molar-refractivity contribution >= 4 is 31.9 Å². The van der Waals surface area contributed by atoms with Crippen molar-refractivity contribution in [3.63, 3.8) is 0 Å². The summed E-state index contributed by atoms with van der Waals surface area (Å²) in [6.45, 7) is 0. The van der Waals surface area contributed by atoms with E-state index in [0.717, 1.165) is 21.5 Å². The molecule has 0 aromatic carbocycles. The summed E-state index contributed by atoms with van der Waals surface area (Å²) in [5, 5.41) is 0. The molecule has 3 fully saturated rings. The molecule has 2 bridgehead atoms. The molecule has 0 N–H and O–H groups in total. The van der Waals surface area contributed by atoms with E-state index in [-0.39, 0.29) is 0 Å². The highest BCUT2D eigenvalue weighted by atomic mass is 79.9. The van der Waals surface area contributed by atoms with E-state index < -0.39 is 0 Å². The Labute approximate surface area is 59.9 Å². The van der Waals surface area contributed by atoms with Crippen molar-refractivity contribution in [2.24, 2.45) is 11.8 Å². The summed E-state index contributed by atoms with van der Waals surface area (Å²) in [7, 11) is 0. The lowest BCUT2D eigenvalue weighted by molar-refractivity contribution is 0.0568. The Morgan fingerprint density at radius 3 is 1.43 bits per heavy atom. The smallest absolute Gasteiger partial charge is 0.0224 e. The van der Waals surface area contributed by atoms with Gasteiger partial charge in [0.2, 0.25) is 0 Å². The van der Waals surface area contributed by atoms with E-state index in [9.17, 15) is 0 Å². The predicted octanol–water partition coefficient (Wildman–Crippen LogP) is 2.16. The van der Waals surface area contributed by atoms with Crippen molar-refractivity contribution in [1.82, 2.24) is 0 Å². The number of hydrogen-bond donors (Lipinski definition) is 0. The second-order valence-electron chi connectivity index (χ2n) is 2.45. The summed E-state index contributed by atoms with van der Waals surface area (Å²) in [6, 6.07) is 0. The van der Waals surface area contributed by atoms with Crippen LogP contribution in [0.15, 0.2) is 0 Å². The third-order valence-corrected chi connectivity index (χ3v) is 4.90. The highest BCUT2D eigenvalue weighted by molar-refractivity contribution is 9.10. The van der Waals surface area contributed by atoms with Crippen LogP contribution in [-0.2, 0) is 0 Å². The number of rotatable bonds is 0. The zero-order valence-electron chi connectivity index (χ0n) is 3.77. The molecule has 2 heteroatoms. The van der Waals surface area contributed by atoms with Crippen LogP contribution in [-0.4, -0.2) is 9.65 Å². The van der Waals surface area contributed by atoms with Gasteiger partial charge in [0.05, 0.1) is 0 Å². The maximum Gasteiger partial charge on any atom is 0.0224 e. The van der Waals surface area contributed by atoms with E-state index >= 15 is 0 Å². The van der Waals surface area contributed by atoms with Crippen LogP contribution in [0.2, 0.25) is 0 Å². The SMILES string of the molecule is BrC1C2CC1C2Br. The van der Waals surface area contributed by atoms with Crippen LogP contribution in [0.25, 0.3) is 0 Å². The molecule has 0 atom stereocenters. The first-order valence-electron chi connectivity index (χ1n) is 2.59. The summed E-state index contributed by atoms with van der Waals surface area (Å²) in [5.74, 6) is 1.95. The van der Waals surface area contributed by atoms with Crippen molar-refractivity contribution in [2.45, 2.75) is 16.1 Å². The third kappa shape index (κ3) is 0.390. The van der Waals surface area contributed by atoms with Gasteiger partial charge in [-0.25, -0.2) is 0 Å². The summed E-state index contributed by atoms with van der Waals surface area (Å²) in [5.41, 5.74) is 0. The fourth-order valence-electron chi connectivity index (χ4n) is 1.28. The van der Waals surface area contributed by atoms with Gasteiger partial charge in [0, 0.05) is 9.65 Å². The highest BCUT2D eigenvalue weighted by Gasteiger charge is 2.58. The number of alkyl halides is 2. The van der Waals surface area contributed by atoms with Gasteiger partial charge in [-0.05, 0) is 18.3 Å². The molecule has 3 aliphatic rings. The molecule has 0 aliphatic heterocycles. The van der Waals surface area contributed by atoms with Crippen LogP contribution in [0.5, 0.6) is 0 Å². The minimum atomic E-state index is 0.872. The first-order valence-corrected chi connectivity index (χ1v) is 4.42. The van der Waals surface area contributed by atoms with Crippen LogP contribution >= 0.6 is 31.9 Å². The van der Waals surface area contributed by atoms with E-state index in [1.807, 2.05) is 0 Å². The van der Waals surface area contributed by atoms with Crippen molar-refractivity contribution in [3.05, 3.63) is 0 Å². The van der Waals surface area contributed by atoms with Gasteiger partial charge in [-0.2, -0.15) is 0 Å². The molecule has 0 spiro atoms. The van der Waals surface area contributed by atoms with E-state index in [0.29, 0.717) is 0 Å². The molecule has 7 heavy (non-hydrogen) atoms. The van der Waals surface area contributed by atoms with E-state index in [1.54, 1.807) is 0 Å². The lowest BCUT2D eigenvalue weighted by atomic mass is 9.56. The maximum absolute atomic E-state index is 3.59. The Hall–Kier alpha value is 0.960. The third-order valence-electron chi connectivity index (χ3n) is 2.18. The Morgan fingerprint density at radius 1 is 1.00 bits per heavy atom. The van der Waals surface area contributed by atoms with Crippen molar-refractivity contribution in [3.8, 4) is 0 Å². The molecule has 0 radical (unpaired) electrons. The molecular formula is C5H6Br2. The van der Waals surface area contributed by atoms with E-state index in [4.69, 9.17) is 0 Å². The van der Waals surface area contributed by atoms with Gasteiger partial charge >= 0.3 is 0 Å². The average molecular weight is 226 g/mol. The average Bonchev–Trinajstić information content (AvgIpc) is 1.60. The van der Waals surface area contributed by atoms with E-state index in [1.165, 1.54) is 6.42 Å². The van der Waals surface area contributed by atoms with Crippen molar-refractivity contribution in [2.75, 3.05) is 0 Å². The van der Waals surface area contributed by atoms with Crippen molar-refractivity contribution < 1.29 is 0 Å². The minimum Gasteiger partial charge on any atom is -0.0884 e. The van der Waals surface area contributed by atoms with Gasteiger partial charge in [0.15, 0.2) is 0 Å². The molecule has 40 valence electrons. The molecule has 0 saturated heterocycles. The first kappa shape index (κ1) is 4.80. The second kappa shape index (κ2) is 1.27. The molecule has 3 rings (SSSR count). The Bertz CT molecular complexity index is 82.3. The van der Waals surface area contributed by atoms with Crippen LogP contribution in [0.4, 0.5) is 0 Å². The molecular weight excluding hydrogens is 220 g/mol. The van der Waals surface area contributed by atoms with Crippen LogP contribution in [0, 0.1) is 11.8 Å². The zero-order valence-corrected chi connectivity index (χ0v) is 6.94. The van der Waals surface area contributed by atoms with Crippen LogP contribution < -0.4 is 0 Å². The van der Waals surface area contributed by atoms with Crippen LogP contribution in [0.1, 0.15) is 6.42 Å². The summed E-state index contributed by atoms with van der Waals surface area (Å²) in [4.78, 5) is 1.74. The van der Waals surface area contributed by atoms with Gasteiger partial charge in [0.25, 0.3) is 0 Å². The lowest BCUT2D eigenvalue weighted by Gasteiger charge is -2.60. The lowest BCUT2D eigenvalue weighted by Crippen LogP contribution is -2.61. The summed E-state index contributed by atoms with van der Waals surface area (Å²) < 4.78 is 0. The van der Waals surface area contributed by atoms with Gasteiger partial charge in [-0.3, -0.25) is 0 Å². The largest absolute Gasteiger partial charge is 0.0884 e. The summed E-state index contributed by atoms with van der Waals surface area (Å²) in [6.07, 6.45) is 1.46. The highest BCUT2D eigenvalue weighted by Crippen LogP contribution is 2.60. The predicted molar refractivity (Wildman–Crippen MR) is 37.0 cm³/mol. The quantitative estimate of drug-likeness (QED) is 0.555. The molecule has 0 aromatic rings. The fourth-order valence-corrected chi connectivity index (χ4v) is 4.28. The topological polar surface area (TPSA) is 0 Å². The molecule has 0 heterocycles. The van der Waals surface area contributed by atoms with Gasteiger partial charge in [-0.15, -0.1) is 0 Å². The molecule has 3 aliphatic carbocycles. The monoisotopic (exact) mass is 224 g/mol. The Kier molecular flexibility index (Phi) is 0.870. The number of halogens is 2. The number of hydrogen-bond acceptors (Lipinski definition) is 0. The molecule has 3 saturated carbocycles. The molecule has 0 amide bonds. The van der Waals surface area contributed by atoms with Crippen molar-refractivity contribution in [1.29, 1.82) is 0 Å². The molecule has 0 aromatic heterocycles. The second-order valence-corrected chi connectivity index (χ2v) is 4.57. The standard InChI is InChI=1S/C5H6Br2/c6-4-2-1-3(4)5(2)7/h2-5H,1H2. The van der Waals surface area contributed by atoms with Crippen LogP contribution in [0.3, 0.4) is 0 Å².